The van der Waals surface area contributed by atoms with E-state index in [1.54, 1.807) is 5.56 Å². The van der Waals surface area contributed by atoms with Crippen molar-refractivity contribution in [3.05, 3.63) is 35.5 Å². The number of aliphatic imine (C=N–C) groups is 1. The molecule has 2 aliphatic rings. The molecule has 0 N–H and O–H groups in total. The summed E-state index contributed by atoms with van der Waals surface area (Å²) in [5.41, 5.74) is 5.84. The number of hydrogen-bond acceptors (Lipinski definition) is 1. The number of rotatable bonds is 0. The third kappa shape index (κ3) is 1.90. The van der Waals surface area contributed by atoms with Crippen LogP contribution in [0.3, 0.4) is 0 Å². The Morgan fingerprint density at radius 3 is 2.75 bits per heavy atom. The Balaban J connectivity index is 1.94. The van der Waals surface area contributed by atoms with Crippen LogP contribution in [-0.2, 0) is 13.0 Å². The third-order valence-electron chi connectivity index (χ3n) is 4.81. The zero-order chi connectivity index (χ0) is 13.4. The van der Waals surface area contributed by atoms with Gasteiger partial charge < -0.3 is 4.57 Å². The summed E-state index contributed by atoms with van der Waals surface area (Å²) in [5, 5.41) is 1.47. The van der Waals surface area contributed by atoms with Gasteiger partial charge in [-0.05, 0) is 37.3 Å². The van der Waals surface area contributed by atoms with E-state index >= 15 is 0 Å². The van der Waals surface area contributed by atoms with E-state index in [0.29, 0.717) is 0 Å². The van der Waals surface area contributed by atoms with Crippen LogP contribution in [0.5, 0.6) is 0 Å². The van der Waals surface area contributed by atoms with Crippen molar-refractivity contribution in [2.45, 2.75) is 51.5 Å². The van der Waals surface area contributed by atoms with E-state index in [0.717, 1.165) is 19.5 Å². The second kappa shape index (κ2) is 5.08. The van der Waals surface area contributed by atoms with Crippen molar-refractivity contribution in [1.82, 2.24) is 4.57 Å². The highest BCUT2D eigenvalue weighted by atomic mass is 15.0. The first kappa shape index (κ1) is 12.2. The molecule has 0 amide bonds. The number of fused-ring (bicyclic) bond motifs is 3. The summed E-state index contributed by atoms with van der Waals surface area (Å²) >= 11 is 0. The Bertz CT molecular complexity index is 663. The Morgan fingerprint density at radius 1 is 0.900 bits per heavy atom. The summed E-state index contributed by atoms with van der Waals surface area (Å²) in [4.78, 5) is 4.87. The van der Waals surface area contributed by atoms with Crippen LogP contribution in [0.4, 0.5) is 0 Å². The number of para-hydroxylation sites is 1. The lowest BCUT2D eigenvalue weighted by atomic mass is 9.98. The topological polar surface area (TPSA) is 17.3 Å². The maximum absolute atomic E-state index is 4.87. The highest BCUT2D eigenvalue weighted by molar-refractivity contribution is 6.06. The average Bonchev–Trinajstić information content (AvgIpc) is 2.82. The lowest BCUT2D eigenvalue weighted by Gasteiger charge is -2.19. The summed E-state index contributed by atoms with van der Waals surface area (Å²) in [6, 6.07) is 8.94. The molecule has 20 heavy (non-hydrogen) atoms. The fourth-order valence-corrected chi connectivity index (χ4v) is 3.86. The van der Waals surface area contributed by atoms with Crippen molar-refractivity contribution in [1.29, 1.82) is 0 Å². The molecule has 2 aliphatic heterocycles. The molecule has 1 aromatic heterocycles. The molecule has 4 rings (SSSR count). The van der Waals surface area contributed by atoms with Gasteiger partial charge in [-0.25, -0.2) is 0 Å². The summed E-state index contributed by atoms with van der Waals surface area (Å²) in [6.45, 7) is 2.14. The minimum atomic E-state index is 0.982. The minimum Gasteiger partial charge on any atom is -0.339 e. The molecule has 0 saturated heterocycles. The van der Waals surface area contributed by atoms with Gasteiger partial charge in [-0.2, -0.15) is 0 Å². The van der Waals surface area contributed by atoms with Crippen LogP contribution in [0, 0.1) is 0 Å². The van der Waals surface area contributed by atoms with Gasteiger partial charge in [0.15, 0.2) is 0 Å². The van der Waals surface area contributed by atoms with Gasteiger partial charge in [0.1, 0.15) is 0 Å². The lowest BCUT2D eigenvalue weighted by Crippen LogP contribution is -2.18. The first-order valence-electron chi connectivity index (χ1n) is 8.09. The first-order valence-corrected chi connectivity index (χ1v) is 8.09. The van der Waals surface area contributed by atoms with Crippen LogP contribution >= 0.6 is 0 Å². The Kier molecular flexibility index (Phi) is 3.10. The standard InChI is InChI=1S/C18H22N2/c1-2-4-9-16-18-15(11-12-19-16)14-8-5-6-10-17(14)20(18)13-7-3-1/h5-6,8,10H,1-4,7,9,11-13H2. The normalized spacial score (nSPS) is 19.5. The predicted octanol–water partition coefficient (Wildman–Crippen LogP) is 4.34. The van der Waals surface area contributed by atoms with Crippen LogP contribution < -0.4 is 0 Å². The number of benzene rings is 1. The number of aryl methyl sites for hydroxylation is 1. The molecule has 1 aromatic carbocycles. The van der Waals surface area contributed by atoms with E-state index in [-0.39, 0.29) is 0 Å². The van der Waals surface area contributed by atoms with E-state index in [1.807, 2.05) is 0 Å². The van der Waals surface area contributed by atoms with Crippen molar-refractivity contribution >= 4 is 16.6 Å². The first-order chi connectivity index (χ1) is 9.95. The van der Waals surface area contributed by atoms with Gasteiger partial charge in [-0.1, -0.05) is 37.5 Å². The maximum Gasteiger partial charge on any atom is 0.0665 e. The molecule has 0 atom stereocenters. The smallest absolute Gasteiger partial charge is 0.0665 e. The van der Waals surface area contributed by atoms with Gasteiger partial charge in [-0.15, -0.1) is 0 Å². The summed E-state index contributed by atoms with van der Waals surface area (Å²) < 4.78 is 2.56. The molecule has 0 spiro atoms. The lowest BCUT2D eigenvalue weighted by molar-refractivity contribution is 0.560. The molecule has 3 heterocycles. The minimum absolute atomic E-state index is 0.982. The van der Waals surface area contributed by atoms with Gasteiger partial charge in [-0.3, -0.25) is 4.99 Å². The second-order valence-electron chi connectivity index (χ2n) is 6.09. The quantitative estimate of drug-likeness (QED) is 0.675. The summed E-state index contributed by atoms with van der Waals surface area (Å²) in [6.07, 6.45) is 9.02. The molecule has 0 unspecified atom stereocenters. The zero-order valence-electron chi connectivity index (χ0n) is 12.1. The molecule has 0 radical (unpaired) electrons. The van der Waals surface area contributed by atoms with Gasteiger partial charge in [0.05, 0.1) is 11.4 Å². The van der Waals surface area contributed by atoms with E-state index in [9.17, 15) is 0 Å². The van der Waals surface area contributed by atoms with E-state index in [4.69, 9.17) is 4.99 Å². The van der Waals surface area contributed by atoms with E-state index in [2.05, 4.69) is 28.8 Å². The molecule has 2 aromatic rings. The van der Waals surface area contributed by atoms with Crippen molar-refractivity contribution in [2.75, 3.05) is 6.54 Å². The second-order valence-corrected chi connectivity index (χ2v) is 6.09. The van der Waals surface area contributed by atoms with Crippen LogP contribution in [0.2, 0.25) is 0 Å². The molecule has 0 bridgehead atoms. The molecule has 2 heteroatoms. The highest BCUT2D eigenvalue weighted by Gasteiger charge is 2.23. The number of aromatic nitrogens is 1. The van der Waals surface area contributed by atoms with Gasteiger partial charge >= 0.3 is 0 Å². The van der Waals surface area contributed by atoms with Crippen molar-refractivity contribution in [2.24, 2.45) is 4.99 Å². The highest BCUT2D eigenvalue weighted by Crippen LogP contribution is 2.32. The van der Waals surface area contributed by atoms with Crippen LogP contribution in [0.15, 0.2) is 29.3 Å². The summed E-state index contributed by atoms with van der Waals surface area (Å²) in [5.74, 6) is 0. The van der Waals surface area contributed by atoms with Crippen LogP contribution in [0.1, 0.15) is 49.8 Å². The molecular weight excluding hydrogens is 244 g/mol. The Hall–Kier alpha value is -1.57. The van der Waals surface area contributed by atoms with Crippen LogP contribution in [0.25, 0.3) is 10.9 Å². The van der Waals surface area contributed by atoms with Gasteiger partial charge in [0, 0.05) is 24.0 Å². The molecule has 0 fully saturated rings. The fraction of sp³-hybridized carbons (Fsp3) is 0.500. The average molecular weight is 266 g/mol. The number of nitrogens with zero attached hydrogens (tertiary/aromatic N) is 2. The SMILES string of the molecule is c1ccc2c(c1)c1c3n2CCCCCCCC3=NCC1. The van der Waals surface area contributed by atoms with E-state index in [1.165, 1.54) is 60.8 Å². The van der Waals surface area contributed by atoms with Gasteiger partial charge in [0.25, 0.3) is 0 Å². The molecule has 0 aliphatic carbocycles. The molecule has 104 valence electrons. The molecule has 2 nitrogen and oxygen atoms in total. The summed E-state index contributed by atoms with van der Waals surface area (Å²) in [7, 11) is 0. The third-order valence-corrected chi connectivity index (χ3v) is 4.81. The number of hydrogen-bond donors (Lipinski definition) is 0. The fourth-order valence-electron chi connectivity index (χ4n) is 3.86. The van der Waals surface area contributed by atoms with Crippen molar-refractivity contribution in [3.8, 4) is 0 Å². The Labute approximate surface area is 120 Å². The zero-order valence-corrected chi connectivity index (χ0v) is 12.1. The monoisotopic (exact) mass is 266 g/mol. The van der Waals surface area contributed by atoms with Crippen LogP contribution in [-0.4, -0.2) is 16.8 Å². The Morgan fingerprint density at radius 2 is 1.75 bits per heavy atom. The largest absolute Gasteiger partial charge is 0.339 e. The molecule has 0 saturated carbocycles. The predicted molar refractivity (Wildman–Crippen MR) is 84.7 cm³/mol. The molecular formula is C18H22N2. The van der Waals surface area contributed by atoms with E-state index < -0.39 is 0 Å². The van der Waals surface area contributed by atoms with Crippen molar-refractivity contribution < 1.29 is 0 Å². The maximum atomic E-state index is 4.87. The van der Waals surface area contributed by atoms with Crippen molar-refractivity contribution in [3.63, 3.8) is 0 Å². The van der Waals surface area contributed by atoms with Gasteiger partial charge in [0.2, 0.25) is 0 Å².